The molecule has 0 aliphatic carbocycles. The fourth-order valence-electron chi connectivity index (χ4n) is 2.32. The van der Waals surface area contributed by atoms with Crippen molar-refractivity contribution < 1.29 is 14.6 Å². The lowest BCUT2D eigenvalue weighted by atomic mass is 10.0. The van der Waals surface area contributed by atoms with E-state index in [2.05, 4.69) is 0 Å². The second-order valence-electron chi connectivity index (χ2n) is 5.16. The van der Waals surface area contributed by atoms with Crippen molar-refractivity contribution in [1.82, 2.24) is 0 Å². The molecule has 0 aliphatic heterocycles. The molecule has 23 heavy (non-hydrogen) atoms. The molecular weight excluding hydrogens is 288 g/mol. The number of hydrogen-bond acceptors (Lipinski definition) is 3. The van der Waals surface area contributed by atoms with Crippen LogP contribution in [0.15, 0.2) is 78.9 Å². The Bertz CT molecular complexity index is 734. The van der Waals surface area contributed by atoms with Gasteiger partial charge in [0.05, 0.1) is 7.11 Å². The molecular formula is C20H18O3. The van der Waals surface area contributed by atoms with E-state index in [1.165, 1.54) is 0 Å². The van der Waals surface area contributed by atoms with Crippen molar-refractivity contribution in [1.29, 1.82) is 0 Å². The minimum atomic E-state index is -0.674. The minimum absolute atomic E-state index is 0.674. The number of methoxy groups -OCH3 is 1. The molecule has 0 unspecified atom stereocenters. The van der Waals surface area contributed by atoms with E-state index in [-0.39, 0.29) is 0 Å². The molecule has 1 atom stereocenters. The Morgan fingerprint density at radius 1 is 0.652 bits per heavy atom. The predicted octanol–water partition coefficient (Wildman–Crippen LogP) is 4.57. The van der Waals surface area contributed by atoms with Crippen molar-refractivity contribution >= 4 is 0 Å². The molecule has 0 radical (unpaired) electrons. The van der Waals surface area contributed by atoms with Gasteiger partial charge in [0.2, 0.25) is 0 Å². The van der Waals surface area contributed by atoms with E-state index < -0.39 is 6.10 Å². The number of aliphatic hydroxyl groups is 1. The van der Waals surface area contributed by atoms with Crippen LogP contribution in [0, 0.1) is 0 Å². The summed E-state index contributed by atoms with van der Waals surface area (Å²) in [4.78, 5) is 0. The van der Waals surface area contributed by atoms with Crippen LogP contribution in [0.3, 0.4) is 0 Å². The average molecular weight is 306 g/mol. The monoisotopic (exact) mass is 306 g/mol. The van der Waals surface area contributed by atoms with E-state index in [9.17, 15) is 5.11 Å². The fraction of sp³-hybridized carbons (Fsp3) is 0.100. The van der Waals surface area contributed by atoms with Crippen LogP contribution >= 0.6 is 0 Å². The Labute approximate surface area is 135 Å². The van der Waals surface area contributed by atoms with Crippen molar-refractivity contribution in [2.45, 2.75) is 6.10 Å². The highest BCUT2D eigenvalue weighted by Gasteiger charge is 2.10. The van der Waals surface area contributed by atoms with Gasteiger partial charge in [-0.3, -0.25) is 0 Å². The first kappa shape index (κ1) is 15.1. The summed E-state index contributed by atoms with van der Waals surface area (Å²) in [5.74, 6) is 2.30. The smallest absolute Gasteiger partial charge is 0.127 e. The zero-order valence-corrected chi connectivity index (χ0v) is 12.8. The predicted molar refractivity (Wildman–Crippen MR) is 90.0 cm³/mol. The van der Waals surface area contributed by atoms with E-state index in [1.54, 1.807) is 7.11 Å². The van der Waals surface area contributed by atoms with Crippen molar-refractivity contribution in [3.05, 3.63) is 90.0 Å². The maximum absolute atomic E-state index is 10.5. The molecule has 0 bridgehead atoms. The SMILES string of the molecule is COc1ccc([C@@H](O)c2ccc(Oc3ccccc3)cc2)cc1. The highest BCUT2D eigenvalue weighted by atomic mass is 16.5. The van der Waals surface area contributed by atoms with Gasteiger partial charge in [-0.2, -0.15) is 0 Å². The Kier molecular flexibility index (Phi) is 4.60. The summed E-state index contributed by atoms with van der Waals surface area (Å²) in [6.07, 6.45) is -0.674. The third-order valence-corrected chi connectivity index (χ3v) is 3.61. The van der Waals surface area contributed by atoms with E-state index >= 15 is 0 Å². The second kappa shape index (κ2) is 6.99. The van der Waals surface area contributed by atoms with Gasteiger partial charge in [-0.25, -0.2) is 0 Å². The third-order valence-electron chi connectivity index (χ3n) is 3.61. The van der Waals surface area contributed by atoms with E-state index in [0.29, 0.717) is 0 Å². The number of benzene rings is 3. The summed E-state index contributed by atoms with van der Waals surface area (Å²) < 4.78 is 10.9. The van der Waals surface area contributed by atoms with Crippen molar-refractivity contribution in [3.63, 3.8) is 0 Å². The fourth-order valence-corrected chi connectivity index (χ4v) is 2.32. The van der Waals surface area contributed by atoms with E-state index in [0.717, 1.165) is 28.4 Å². The third kappa shape index (κ3) is 3.71. The van der Waals surface area contributed by atoms with Crippen LogP contribution < -0.4 is 9.47 Å². The Hall–Kier alpha value is -2.78. The molecule has 116 valence electrons. The Balaban J connectivity index is 1.73. The maximum atomic E-state index is 10.5. The van der Waals surface area contributed by atoms with Crippen molar-refractivity contribution in [2.24, 2.45) is 0 Å². The largest absolute Gasteiger partial charge is 0.497 e. The summed E-state index contributed by atoms with van der Waals surface area (Å²) >= 11 is 0. The van der Waals surface area contributed by atoms with Gasteiger partial charge in [0.15, 0.2) is 0 Å². The Morgan fingerprint density at radius 2 is 1.13 bits per heavy atom. The summed E-state index contributed by atoms with van der Waals surface area (Å²) in [5.41, 5.74) is 1.64. The molecule has 0 saturated heterocycles. The van der Waals surface area contributed by atoms with Gasteiger partial charge in [0, 0.05) is 0 Å². The molecule has 3 rings (SSSR count). The molecule has 0 amide bonds. The van der Waals surface area contributed by atoms with Gasteiger partial charge in [-0.1, -0.05) is 42.5 Å². The first-order valence-corrected chi connectivity index (χ1v) is 7.41. The van der Waals surface area contributed by atoms with E-state index in [1.807, 2.05) is 78.9 Å². The van der Waals surface area contributed by atoms with Crippen LogP contribution in [0.5, 0.6) is 17.2 Å². The van der Waals surface area contributed by atoms with Gasteiger partial charge in [0.25, 0.3) is 0 Å². The van der Waals surface area contributed by atoms with Crippen molar-refractivity contribution in [3.8, 4) is 17.2 Å². The molecule has 0 heterocycles. The van der Waals surface area contributed by atoms with Gasteiger partial charge in [-0.15, -0.1) is 0 Å². The number of rotatable bonds is 5. The zero-order valence-electron chi connectivity index (χ0n) is 12.8. The second-order valence-corrected chi connectivity index (χ2v) is 5.16. The lowest BCUT2D eigenvalue weighted by Crippen LogP contribution is -1.99. The summed E-state index contributed by atoms with van der Waals surface area (Å²) in [7, 11) is 1.62. The van der Waals surface area contributed by atoms with Gasteiger partial charge < -0.3 is 14.6 Å². The van der Waals surface area contributed by atoms with Crippen molar-refractivity contribution in [2.75, 3.05) is 7.11 Å². The molecule has 3 heteroatoms. The lowest BCUT2D eigenvalue weighted by Gasteiger charge is -2.13. The molecule has 3 aromatic carbocycles. The summed E-state index contributed by atoms with van der Waals surface area (Å²) in [6, 6.07) is 24.5. The highest BCUT2D eigenvalue weighted by molar-refractivity contribution is 5.38. The van der Waals surface area contributed by atoms with Crippen LogP contribution in [-0.2, 0) is 0 Å². The van der Waals surface area contributed by atoms with Crippen LogP contribution in [-0.4, -0.2) is 12.2 Å². The normalized spacial score (nSPS) is 11.7. The Morgan fingerprint density at radius 3 is 1.65 bits per heavy atom. The first-order valence-electron chi connectivity index (χ1n) is 7.41. The summed E-state index contributed by atoms with van der Waals surface area (Å²) in [6.45, 7) is 0. The molecule has 3 nitrogen and oxygen atoms in total. The average Bonchev–Trinajstić information content (AvgIpc) is 2.63. The maximum Gasteiger partial charge on any atom is 0.127 e. The number of aliphatic hydroxyl groups excluding tert-OH is 1. The molecule has 1 N–H and O–H groups in total. The van der Waals surface area contributed by atoms with Crippen LogP contribution in [0.25, 0.3) is 0 Å². The number of para-hydroxylation sites is 1. The van der Waals surface area contributed by atoms with Crippen LogP contribution in [0.2, 0.25) is 0 Å². The zero-order chi connectivity index (χ0) is 16.1. The standard InChI is InChI=1S/C20H18O3/c1-22-17-11-7-15(8-12-17)20(21)16-9-13-19(14-10-16)23-18-5-3-2-4-6-18/h2-14,20-21H,1H3/t20-/m1/s1. The molecule has 3 aromatic rings. The molecule has 0 aromatic heterocycles. The molecule has 0 aliphatic rings. The molecule has 0 fully saturated rings. The highest BCUT2D eigenvalue weighted by Crippen LogP contribution is 2.27. The number of hydrogen-bond donors (Lipinski definition) is 1. The summed E-state index contributed by atoms with van der Waals surface area (Å²) in [5, 5.41) is 10.5. The quantitative estimate of drug-likeness (QED) is 0.750. The van der Waals surface area contributed by atoms with Crippen LogP contribution in [0.4, 0.5) is 0 Å². The van der Waals surface area contributed by atoms with Gasteiger partial charge in [-0.05, 0) is 47.5 Å². The molecule has 0 spiro atoms. The molecule has 0 saturated carbocycles. The lowest BCUT2D eigenvalue weighted by molar-refractivity contribution is 0.220. The van der Waals surface area contributed by atoms with Crippen LogP contribution in [0.1, 0.15) is 17.2 Å². The minimum Gasteiger partial charge on any atom is -0.497 e. The number of ether oxygens (including phenoxy) is 2. The first-order chi connectivity index (χ1) is 11.3. The van der Waals surface area contributed by atoms with E-state index in [4.69, 9.17) is 9.47 Å². The topological polar surface area (TPSA) is 38.7 Å². The van der Waals surface area contributed by atoms with Gasteiger partial charge in [0.1, 0.15) is 23.4 Å². The van der Waals surface area contributed by atoms with Gasteiger partial charge >= 0.3 is 0 Å².